The van der Waals surface area contributed by atoms with Gasteiger partial charge in [0.2, 0.25) is 0 Å². The van der Waals surface area contributed by atoms with E-state index in [1.165, 1.54) is 31.5 Å². The van der Waals surface area contributed by atoms with Crippen LogP contribution < -0.4 is 5.32 Å². The molecule has 1 atom stereocenters. The van der Waals surface area contributed by atoms with Crippen molar-refractivity contribution in [2.45, 2.75) is 26.2 Å². The van der Waals surface area contributed by atoms with Gasteiger partial charge in [-0.15, -0.1) is 0 Å². The highest BCUT2D eigenvalue weighted by atomic mass is 35.5. The third-order valence-corrected chi connectivity index (χ3v) is 2.57. The number of hydrogen-bond donors (Lipinski definition) is 1. The zero-order valence-corrected chi connectivity index (χ0v) is 7.82. The minimum atomic E-state index is 0.818. The lowest BCUT2D eigenvalue weighted by atomic mass is 9.93. The average molecular weight is 174 g/mol. The molecule has 0 aromatic carbocycles. The van der Waals surface area contributed by atoms with Crippen molar-refractivity contribution >= 4 is 11.6 Å². The van der Waals surface area contributed by atoms with Crippen molar-refractivity contribution in [3.8, 4) is 0 Å². The Labute approximate surface area is 73.8 Å². The van der Waals surface area contributed by atoms with Crippen molar-refractivity contribution in [1.29, 1.82) is 0 Å². The molecule has 1 heterocycles. The van der Waals surface area contributed by atoms with Gasteiger partial charge in [0.15, 0.2) is 0 Å². The minimum absolute atomic E-state index is 0.818. The van der Waals surface area contributed by atoms with Gasteiger partial charge in [-0.3, -0.25) is 0 Å². The monoisotopic (exact) mass is 173 g/mol. The normalized spacial score (nSPS) is 27.1. The van der Waals surface area contributed by atoms with E-state index in [1.54, 1.807) is 5.54 Å². The van der Waals surface area contributed by atoms with E-state index in [2.05, 4.69) is 12.2 Å². The predicted octanol–water partition coefficient (Wildman–Crippen LogP) is 2.52. The van der Waals surface area contributed by atoms with E-state index >= 15 is 0 Å². The zero-order valence-electron chi connectivity index (χ0n) is 7.07. The molecule has 1 unspecified atom stereocenters. The van der Waals surface area contributed by atoms with Gasteiger partial charge in [0, 0.05) is 5.54 Å². The lowest BCUT2D eigenvalue weighted by Gasteiger charge is -2.22. The molecule has 1 rings (SSSR count). The van der Waals surface area contributed by atoms with Gasteiger partial charge in [0.25, 0.3) is 0 Å². The van der Waals surface area contributed by atoms with E-state index in [4.69, 9.17) is 11.6 Å². The second kappa shape index (κ2) is 4.78. The number of rotatable bonds is 2. The second-order valence-corrected chi connectivity index (χ2v) is 3.59. The van der Waals surface area contributed by atoms with Crippen molar-refractivity contribution in [2.75, 3.05) is 13.1 Å². The number of halogens is 1. The SMILES string of the molecule is CC(=CCl)CC1CCCNC1. The quantitative estimate of drug-likeness (QED) is 0.677. The van der Waals surface area contributed by atoms with Gasteiger partial charge in [-0.1, -0.05) is 17.2 Å². The molecule has 1 saturated heterocycles. The maximum Gasteiger partial charge on any atom is 0.00317 e. The van der Waals surface area contributed by atoms with Gasteiger partial charge in [-0.25, -0.2) is 0 Å². The van der Waals surface area contributed by atoms with Gasteiger partial charge in [-0.2, -0.15) is 0 Å². The molecule has 0 aromatic rings. The molecule has 64 valence electrons. The predicted molar refractivity (Wildman–Crippen MR) is 49.8 cm³/mol. The van der Waals surface area contributed by atoms with Crippen LogP contribution in [-0.4, -0.2) is 13.1 Å². The fourth-order valence-corrected chi connectivity index (χ4v) is 1.69. The highest BCUT2D eigenvalue weighted by molar-refractivity contribution is 6.25. The van der Waals surface area contributed by atoms with Crippen molar-refractivity contribution in [3.63, 3.8) is 0 Å². The Balaban J connectivity index is 2.24. The molecule has 2 heteroatoms. The van der Waals surface area contributed by atoms with Crippen LogP contribution in [0, 0.1) is 5.92 Å². The van der Waals surface area contributed by atoms with Gasteiger partial charge in [0.05, 0.1) is 0 Å². The van der Waals surface area contributed by atoms with Gasteiger partial charge in [0.1, 0.15) is 0 Å². The summed E-state index contributed by atoms with van der Waals surface area (Å²) in [5, 5.41) is 3.39. The van der Waals surface area contributed by atoms with Crippen LogP contribution in [0.25, 0.3) is 0 Å². The second-order valence-electron chi connectivity index (χ2n) is 3.37. The summed E-state index contributed by atoms with van der Waals surface area (Å²) >= 11 is 5.59. The Hall–Kier alpha value is -0.0100. The number of hydrogen-bond acceptors (Lipinski definition) is 1. The van der Waals surface area contributed by atoms with E-state index in [1.807, 2.05) is 0 Å². The van der Waals surface area contributed by atoms with Crippen LogP contribution in [0.4, 0.5) is 0 Å². The fourth-order valence-electron chi connectivity index (χ4n) is 1.60. The van der Waals surface area contributed by atoms with E-state index in [-0.39, 0.29) is 0 Å². The van der Waals surface area contributed by atoms with E-state index in [0.29, 0.717) is 0 Å². The van der Waals surface area contributed by atoms with Crippen LogP contribution in [0.3, 0.4) is 0 Å². The molecule has 0 aromatic heterocycles. The van der Waals surface area contributed by atoms with E-state index in [0.717, 1.165) is 12.3 Å². The first-order valence-corrected chi connectivity index (χ1v) is 4.73. The molecule has 0 saturated carbocycles. The minimum Gasteiger partial charge on any atom is -0.316 e. The van der Waals surface area contributed by atoms with Crippen LogP contribution in [0.1, 0.15) is 26.2 Å². The third-order valence-electron chi connectivity index (χ3n) is 2.20. The Morgan fingerprint density at radius 2 is 2.55 bits per heavy atom. The lowest BCUT2D eigenvalue weighted by molar-refractivity contribution is 0.375. The van der Waals surface area contributed by atoms with Crippen LogP contribution in [0.15, 0.2) is 11.1 Å². The average Bonchev–Trinajstić information content (AvgIpc) is 2.06. The van der Waals surface area contributed by atoms with Crippen LogP contribution in [0.5, 0.6) is 0 Å². The summed E-state index contributed by atoms with van der Waals surface area (Å²) in [5.41, 5.74) is 3.01. The van der Waals surface area contributed by atoms with Crippen LogP contribution in [0.2, 0.25) is 0 Å². The summed E-state index contributed by atoms with van der Waals surface area (Å²) in [6.07, 6.45) is 3.84. The molecule has 1 aliphatic rings. The molecule has 1 N–H and O–H groups in total. The Morgan fingerprint density at radius 1 is 1.73 bits per heavy atom. The zero-order chi connectivity index (χ0) is 8.10. The molecule has 0 bridgehead atoms. The smallest absolute Gasteiger partial charge is 0.00317 e. The molecule has 0 aliphatic carbocycles. The molecule has 11 heavy (non-hydrogen) atoms. The number of piperidine rings is 1. The summed E-state index contributed by atoms with van der Waals surface area (Å²) in [5.74, 6) is 0.818. The van der Waals surface area contributed by atoms with Gasteiger partial charge in [-0.05, 0) is 45.2 Å². The van der Waals surface area contributed by atoms with Crippen LogP contribution in [-0.2, 0) is 0 Å². The lowest BCUT2D eigenvalue weighted by Crippen LogP contribution is -2.29. The molecular weight excluding hydrogens is 158 g/mol. The summed E-state index contributed by atoms with van der Waals surface area (Å²) in [7, 11) is 0. The number of allylic oxidation sites excluding steroid dienone is 1. The molecule has 0 radical (unpaired) electrons. The highest BCUT2D eigenvalue weighted by Gasteiger charge is 2.12. The number of nitrogens with one attached hydrogen (secondary N) is 1. The summed E-state index contributed by atoms with van der Waals surface area (Å²) in [4.78, 5) is 0. The Bertz CT molecular complexity index is 136. The largest absolute Gasteiger partial charge is 0.316 e. The van der Waals surface area contributed by atoms with E-state index in [9.17, 15) is 0 Å². The molecule has 1 aliphatic heterocycles. The molecule has 0 amide bonds. The van der Waals surface area contributed by atoms with Crippen molar-refractivity contribution < 1.29 is 0 Å². The highest BCUT2D eigenvalue weighted by Crippen LogP contribution is 2.18. The summed E-state index contributed by atoms with van der Waals surface area (Å²) in [6.45, 7) is 4.46. The molecule has 0 spiro atoms. The summed E-state index contributed by atoms with van der Waals surface area (Å²) < 4.78 is 0. The van der Waals surface area contributed by atoms with Crippen LogP contribution >= 0.6 is 11.6 Å². The molecule has 1 fully saturated rings. The first-order valence-electron chi connectivity index (χ1n) is 4.29. The fraction of sp³-hybridized carbons (Fsp3) is 0.778. The third kappa shape index (κ3) is 3.26. The van der Waals surface area contributed by atoms with Gasteiger partial charge >= 0.3 is 0 Å². The first kappa shape index (κ1) is 9.08. The topological polar surface area (TPSA) is 12.0 Å². The Kier molecular flexibility index (Phi) is 3.95. The van der Waals surface area contributed by atoms with Gasteiger partial charge < -0.3 is 5.32 Å². The van der Waals surface area contributed by atoms with E-state index < -0.39 is 0 Å². The van der Waals surface area contributed by atoms with Crippen molar-refractivity contribution in [3.05, 3.63) is 11.1 Å². The maximum atomic E-state index is 5.59. The first-order chi connectivity index (χ1) is 5.33. The summed E-state index contributed by atoms with van der Waals surface area (Å²) in [6, 6.07) is 0. The van der Waals surface area contributed by atoms with Crippen molar-refractivity contribution in [1.82, 2.24) is 5.32 Å². The maximum absolute atomic E-state index is 5.59. The molecule has 1 nitrogen and oxygen atoms in total. The Morgan fingerprint density at radius 3 is 3.09 bits per heavy atom. The van der Waals surface area contributed by atoms with Crippen molar-refractivity contribution in [2.24, 2.45) is 5.92 Å². The standard InChI is InChI=1S/C9H16ClN/c1-8(6-10)5-9-3-2-4-11-7-9/h6,9,11H,2-5,7H2,1H3. The molecular formula is C9H16ClN.